The van der Waals surface area contributed by atoms with E-state index in [0.717, 1.165) is 29.1 Å². The van der Waals surface area contributed by atoms with E-state index in [-0.39, 0.29) is 0 Å². The third-order valence-corrected chi connectivity index (χ3v) is 2.99. The van der Waals surface area contributed by atoms with Gasteiger partial charge in [-0.2, -0.15) is 0 Å². The van der Waals surface area contributed by atoms with Crippen molar-refractivity contribution < 1.29 is 9.53 Å². The molecule has 4 heteroatoms. The molecular weight excluding hydrogens is 264 g/mol. The van der Waals surface area contributed by atoms with E-state index in [2.05, 4.69) is 23.7 Å². The first-order chi connectivity index (χ1) is 9.65. The summed E-state index contributed by atoms with van der Waals surface area (Å²) in [4.78, 5) is 14.1. The summed E-state index contributed by atoms with van der Waals surface area (Å²) in [6.07, 6.45) is -0.457. The van der Waals surface area contributed by atoms with Gasteiger partial charge in [-0.15, -0.1) is 0 Å². The summed E-state index contributed by atoms with van der Waals surface area (Å²) < 4.78 is 5.31. The molecule has 0 radical (unpaired) electrons. The molecule has 0 saturated heterocycles. The standard InChI is InChI=1S/C17H26N2O2/c1-8-19(7)14-11-9-10-13(15(14)12(2)3)18-16(20)21-17(4,5)6/h9-11H,2,8H2,1,3-7H3,(H,18,20). The minimum absolute atomic E-state index is 0.457. The normalized spacial score (nSPS) is 11.0. The van der Waals surface area contributed by atoms with Crippen LogP contribution in [0.4, 0.5) is 16.2 Å². The Morgan fingerprint density at radius 2 is 2.00 bits per heavy atom. The van der Waals surface area contributed by atoms with Gasteiger partial charge >= 0.3 is 6.09 Å². The average Bonchev–Trinajstić information content (AvgIpc) is 2.34. The van der Waals surface area contributed by atoms with Crippen molar-refractivity contribution in [1.29, 1.82) is 0 Å². The summed E-state index contributed by atoms with van der Waals surface area (Å²) in [5.41, 5.74) is 3.07. The monoisotopic (exact) mass is 290 g/mol. The Morgan fingerprint density at radius 3 is 2.48 bits per heavy atom. The molecule has 1 aromatic carbocycles. The lowest BCUT2D eigenvalue weighted by Gasteiger charge is -2.24. The number of allylic oxidation sites excluding steroid dienone is 1. The lowest BCUT2D eigenvalue weighted by Crippen LogP contribution is -2.27. The summed E-state index contributed by atoms with van der Waals surface area (Å²) >= 11 is 0. The molecule has 1 N–H and O–H groups in total. The number of rotatable bonds is 4. The number of hydrogen-bond acceptors (Lipinski definition) is 3. The first kappa shape index (κ1) is 17.1. The van der Waals surface area contributed by atoms with E-state index >= 15 is 0 Å². The predicted molar refractivity (Wildman–Crippen MR) is 90.0 cm³/mol. The molecule has 0 spiro atoms. The SMILES string of the molecule is C=C(C)c1c(NC(=O)OC(C)(C)C)cccc1N(C)CC. The van der Waals surface area contributed by atoms with Gasteiger partial charge in [0, 0.05) is 24.8 Å². The Morgan fingerprint density at radius 1 is 1.38 bits per heavy atom. The van der Waals surface area contributed by atoms with Gasteiger partial charge in [-0.1, -0.05) is 12.6 Å². The van der Waals surface area contributed by atoms with Gasteiger partial charge in [0.2, 0.25) is 0 Å². The Kier molecular flexibility index (Phi) is 5.41. The maximum Gasteiger partial charge on any atom is 0.412 e. The van der Waals surface area contributed by atoms with Gasteiger partial charge in [-0.25, -0.2) is 4.79 Å². The van der Waals surface area contributed by atoms with Crippen LogP contribution in [0.2, 0.25) is 0 Å². The Balaban J connectivity index is 3.13. The number of ether oxygens (including phenoxy) is 1. The van der Waals surface area contributed by atoms with Crippen LogP contribution in [-0.2, 0) is 4.74 Å². The van der Waals surface area contributed by atoms with E-state index in [4.69, 9.17) is 4.74 Å². The van der Waals surface area contributed by atoms with Crippen molar-refractivity contribution in [2.24, 2.45) is 0 Å². The van der Waals surface area contributed by atoms with Crippen molar-refractivity contribution in [3.8, 4) is 0 Å². The molecule has 1 amide bonds. The van der Waals surface area contributed by atoms with Crippen molar-refractivity contribution in [1.82, 2.24) is 0 Å². The number of hydrogen-bond donors (Lipinski definition) is 1. The van der Waals surface area contributed by atoms with E-state index in [9.17, 15) is 4.79 Å². The average molecular weight is 290 g/mol. The van der Waals surface area contributed by atoms with Gasteiger partial charge in [0.1, 0.15) is 5.60 Å². The molecule has 21 heavy (non-hydrogen) atoms. The van der Waals surface area contributed by atoms with Crippen LogP contribution < -0.4 is 10.2 Å². The Hall–Kier alpha value is -1.97. The Bertz CT molecular complexity index is 530. The summed E-state index contributed by atoms with van der Waals surface area (Å²) in [5.74, 6) is 0. The molecule has 0 heterocycles. The van der Waals surface area contributed by atoms with Crippen LogP contribution in [0, 0.1) is 0 Å². The molecule has 0 atom stereocenters. The van der Waals surface area contributed by atoms with Crippen molar-refractivity contribution in [2.45, 2.75) is 40.2 Å². The van der Waals surface area contributed by atoms with Crippen LogP contribution >= 0.6 is 0 Å². The highest BCUT2D eigenvalue weighted by Crippen LogP contribution is 2.32. The van der Waals surface area contributed by atoms with Crippen LogP contribution in [0.5, 0.6) is 0 Å². The highest BCUT2D eigenvalue weighted by molar-refractivity contribution is 5.93. The number of nitrogens with zero attached hydrogens (tertiary/aromatic N) is 1. The van der Waals surface area contributed by atoms with Crippen molar-refractivity contribution in [3.05, 3.63) is 30.3 Å². The summed E-state index contributed by atoms with van der Waals surface area (Å²) in [6.45, 7) is 14.4. The van der Waals surface area contributed by atoms with Gasteiger partial charge in [-0.05, 0) is 52.3 Å². The van der Waals surface area contributed by atoms with E-state index in [0.29, 0.717) is 0 Å². The molecule has 0 bridgehead atoms. The van der Waals surface area contributed by atoms with Crippen LogP contribution in [0.15, 0.2) is 24.8 Å². The maximum absolute atomic E-state index is 12.0. The molecule has 116 valence electrons. The molecule has 1 aromatic rings. The van der Waals surface area contributed by atoms with Crippen LogP contribution in [0.25, 0.3) is 5.57 Å². The third kappa shape index (κ3) is 4.81. The van der Waals surface area contributed by atoms with E-state index in [1.165, 1.54) is 0 Å². The number of carbonyl (C=O) groups excluding carboxylic acids is 1. The zero-order chi connectivity index (χ0) is 16.2. The Labute approximate surface area is 127 Å². The first-order valence-corrected chi connectivity index (χ1v) is 7.15. The lowest BCUT2D eigenvalue weighted by atomic mass is 10.0. The smallest absolute Gasteiger partial charge is 0.412 e. The molecule has 0 aliphatic rings. The van der Waals surface area contributed by atoms with Crippen molar-refractivity contribution in [3.63, 3.8) is 0 Å². The summed E-state index contributed by atoms with van der Waals surface area (Å²) in [7, 11) is 2.01. The van der Waals surface area contributed by atoms with Crippen LogP contribution in [0.3, 0.4) is 0 Å². The minimum atomic E-state index is -0.523. The first-order valence-electron chi connectivity index (χ1n) is 7.15. The van der Waals surface area contributed by atoms with Crippen LogP contribution in [0.1, 0.15) is 40.2 Å². The topological polar surface area (TPSA) is 41.6 Å². The fourth-order valence-corrected chi connectivity index (χ4v) is 1.99. The summed E-state index contributed by atoms with van der Waals surface area (Å²) in [6, 6.07) is 5.80. The van der Waals surface area contributed by atoms with E-state index in [1.54, 1.807) is 0 Å². The zero-order valence-corrected chi connectivity index (χ0v) is 13.9. The third-order valence-electron chi connectivity index (χ3n) is 2.99. The second-order valence-electron chi connectivity index (χ2n) is 6.12. The van der Waals surface area contributed by atoms with E-state index in [1.807, 2.05) is 52.9 Å². The quantitative estimate of drug-likeness (QED) is 0.886. The minimum Gasteiger partial charge on any atom is -0.444 e. The second-order valence-corrected chi connectivity index (χ2v) is 6.12. The van der Waals surface area contributed by atoms with Crippen LogP contribution in [-0.4, -0.2) is 25.3 Å². The number of carbonyl (C=O) groups is 1. The zero-order valence-electron chi connectivity index (χ0n) is 13.9. The van der Waals surface area contributed by atoms with Crippen molar-refractivity contribution >= 4 is 23.0 Å². The van der Waals surface area contributed by atoms with Gasteiger partial charge in [0.25, 0.3) is 0 Å². The highest BCUT2D eigenvalue weighted by atomic mass is 16.6. The fraction of sp³-hybridized carbons (Fsp3) is 0.471. The number of benzene rings is 1. The molecule has 0 saturated carbocycles. The molecular formula is C17H26N2O2. The number of amides is 1. The van der Waals surface area contributed by atoms with Crippen molar-refractivity contribution in [2.75, 3.05) is 23.8 Å². The predicted octanol–water partition coefficient (Wildman–Crippen LogP) is 4.52. The van der Waals surface area contributed by atoms with Gasteiger partial charge < -0.3 is 9.64 Å². The maximum atomic E-state index is 12.0. The summed E-state index contributed by atoms with van der Waals surface area (Å²) in [5, 5.41) is 2.82. The molecule has 0 fully saturated rings. The largest absolute Gasteiger partial charge is 0.444 e. The molecule has 0 aromatic heterocycles. The number of anilines is 2. The fourth-order valence-electron chi connectivity index (χ4n) is 1.99. The van der Waals surface area contributed by atoms with Gasteiger partial charge in [0.05, 0.1) is 5.69 Å². The molecule has 0 unspecified atom stereocenters. The van der Waals surface area contributed by atoms with Gasteiger partial charge in [-0.3, -0.25) is 5.32 Å². The van der Waals surface area contributed by atoms with Gasteiger partial charge in [0.15, 0.2) is 0 Å². The molecule has 1 rings (SSSR count). The highest BCUT2D eigenvalue weighted by Gasteiger charge is 2.19. The molecule has 4 nitrogen and oxygen atoms in total. The van der Waals surface area contributed by atoms with E-state index < -0.39 is 11.7 Å². The molecule has 0 aliphatic heterocycles. The molecule has 0 aliphatic carbocycles. The lowest BCUT2D eigenvalue weighted by molar-refractivity contribution is 0.0636. The number of nitrogens with one attached hydrogen (secondary N) is 1. The second kappa shape index (κ2) is 6.66.